The number of rotatable bonds is 6. The third kappa shape index (κ3) is 4.22. The molecule has 0 unspecified atom stereocenters. The second-order valence-electron chi connectivity index (χ2n) is 5.39. The topological polar surface area (TPSA) is 55.8 Å². The number of halogens is 1. The van der Waals surface area contributed by atoms with Gasteiger partial charge in [-0.25, -0.2) is 12.8 Å². The Balaban J connectivity index is 2.19. The van der Waals surface area contributed by atoms with E-state index in [4.69, 9.17) is 15.9 Å². The Morgan fingerprint density at radius 1 is 1.48 bits per heavy atom. The maximum Gasteiger partial charge on any atom is 0.246 e. The Morgan fingerprint density at radius 3 is 2.96 bits per heavy atom. The van der Waals surface area contributed by atoms with Gasteiger partial charge in [0, 0.05) is 13.1 Å². The molecule has 0 aliphatic carbocycles. The van der Waals surface area contributed by atoms with Crippen LogP contribution in [0, 0.1) is 24.1 Å². The lowest BCUT2D eigenvalue weighted by atomic mass is 10.0. The maximum absolute atomic E-state index is 13.5. The van der Waals surface area contributed by atoms with Crippen molar-refractivity contribution in [3.63, 3.8) is 0 Å². The number of ether oxygens (including phenoxy) is 2. The van der Waals surface area contributed by atoms with Gasteiger partial charge in [0.15, 0.2) is 0 Å². The Bertz CT molecular complexity index is 684. The fourth-order valence-corrected chi connectivity index (χ4v) is 4.38. The number of piperidine rings is 1. The molecule has 2 rings (SSSR count). The zero-order valence-electron chi connectivity index (χ0n) is 13.0. The normalized spacial score (nSPS) is 19.3. The largest absolute Gasteiger partial charge is 0.495 e. The van der Waals surface area contributed by atoms with Crippen molar-refractivity contribution in [1.29, 1.82) is 0 Å². The van der Waals surface area contributed by atoms with Crippen molar-refractivity contribution in [1.82, 2.24) is 4.31 Å². The molecule has 1 fully saturated rings. The summed E-state index contributed by atoms with van der Waals surface area (Å²) >= 11 is 0. The van der Waals surface area contributed by atoms with E-state index in [0.717, 1.165) is 18.9 Å². The second-order valence-corrected chi connectivity index (χ2v) is 7.29. The SMILES string of the molecule is C#CCOC[C@@H]1CCCN(S(=O)(=O)c2cc(F)ccc2OC)C1. The average Bonchev–Trinajstić information content (AvgIpc) is 2.55. The molecule has 23 heavy (non-hydrogen) atoms. The van der Waals surface area contributed by atoms with E-state index in [-0.39, 0.29) is 23.2 Å². The lowest BCUT2D eigenvalue weighted by Gasteiger charge is -2.32. The molecule has 0 bridgehead atoms. The number of hydrogen-bond acceptors (Lipinski definition) is 4. The summed E-state index contributed by atoms with van der Waals surface area (Å²) in [5, 5.41) is 0. The third-order valence-corrected chi connectivity index (χ3v) is 5.65. The molecule has 1 aromatic rings. The van der Waals surface area contributed by atoms with Crippen LogP contribution in [-0.2, 0) is 14.8 Å². The summed E-state index contributed by atoms with van der Waals surface area (Å²) in [6.45, 7) is 1.34. The molecule has 0 radical (unpaired) electrons. The smallest absolute Gasteiger partial charge is 0.246 e. The average molecular weight is 341 g/mol. The van der Waals surface area contributed by atoms with Gasteiger partial charge in [-0.2, -0.15) is 4.31 Å². The van der Waals surface area contributed by atoms with Crippen LogP contribution in [0.2, 0.25) is 0 Å². The van der Waals surface area contributed by atoms with Gasteiger partial charge in [-0.05, 0) is 37.0 Å². The van der Waals surface area contributed by atoms with Gasteiger partial charge in [-0.15, -0.1) is 6.42 Å². The molecular formula is C16H20FNO4S. The van der Waals surface area contributed by atoms with Crippen LogP contribution in [0.25, 0.3) is 0 Å². The van der Waals surface area contributed by atoms with E-state index in [1.54, 1.807) is 0 Å². The van der Waals surface area contributed by atoms with Gasteiger partial charge < -0.3 is 9.47 Å². The fourth-order valence-electron chi connectivity index (χ4n) is 2.66. The van der Waals surface area contributed by atoms with Gasteiger partial charge in [0.2, 0.25) is 10.0 Å². The van der Waals surface area contributed by atoms with Crippen LogP contribution >= 0.6 is 0 Å². The van der Waals surface area contributed by atoms with Gasteiger partial charge in [0.05, 0.1) is 13.7 Å². The van der Waals surface area contributed by atoms with E-state index < -0.39 is 15.8 Å². The molecular weight excluding hydrogens is 321 g/mol. The molecule has 5 nitrogen and oxygen atoms in total. The zero-order valence-corrected chi connectivity index (χ0v) is 13.8. The summed E-state index contributed by atoms with van der Waals surface area (Å²) in [5.74, 6) is 1.98. The van der Waals surface area contributed by atoms with E-state index >= 15 is 0 Å². The van der Waals surface area contributed by atoms with Gasteiger partial charge in [0.1, 0.15) is 23.1 Å². The van der Waals surface area contributed by atoms with Crippen LogP contribution in [-0.4, -0.2) is 46.1 Å². The van der Waals surface area contributed by atoms with E-state index in [1.807, 2.05) is 0 Å². The van der Waals surface area contributed by atoms with Crippen LogP contribution < -0.4 is 4.74 Å². The number of sulfonamides is 1. The highest BCUT2D eigenvalue weighted by Gasteiger charge is 2.32. The van der Waals surface area contributed by atoms with E-state index in [0.29, 0.717) is 19.7 Å². The van der Waals surface area contributed by atoms with Crippen LogP contribution in [0.5, 0.6) is 5.75 Å². The predicted molar refractivity (Wildman–Crippen MR) is 84.1 cm³/mol. The first-order chi connectivity index (χ1) is 11.0. The molecule has 1 aliphatic heterocycles. The van der Waals surface area contributed by atoms with Crippen LogP contribution in [0.4, 0.5) is 4.39 Å². The summed E-state index contributed by atoms with van der Waals surface area (Å²) in [5.41, 5.74) is 0. The first kappa shape index (κ1) is 17.7. The lowest BCUT2D eigenvalue weighted by molar-refractivity contribution is 0.0989. The van der Waals surface area contributed by atoms with Crippen LogP contribution in [0.1, 0.15) is 12.8 Å². The van der Waals surface area contributed by atoms with Crippen LogP contribution in [0.3, 0.4) is 0 Å². The molecule has 7 heteroatoms. The van der Waals surface area contributed by atoms with Crippen molar-refractivity contribution in [2.75, 3.05) is 33.4 Å². The Kier molecular flexibility index (Phi) is 5.99. The minimum Gasteiger partial charge on any atom is -0.495 e. The van der Waals surface area contributed by atoms with Crippen molar-refractivity contribution in [2.24, 2.45) is 5.92 Å². The number of nitrogens with zero attached hydrogens (tertiary/aromatic N) is 1. The standard InChI is InChI=1S/C16H20FNO4S/c1-3-9-22-12-13-5-4-8-18(11-13)23(19,20)16-10-14(17)6-7-15(16)21-2/h1,6-7,10,13H,4-5,8-9,11-12H2,2H3/t13-/m1/s1. The van der Waals surface area contributed by atoms with Crippen LogP contribution in [0.15, 0.2) is 23.1 Å². The van der Waals surface area contributed by atoms with Gasteiger partial charge in [0.25, 0.3) is 0 Å². The molecule has 1 heterocycles. The van der Waals surface area contributed by atoms with E-state index in [1.165, 1.54) is 23.5 Å². The second kappa shape index (κ2) is 7.77. The minimum absolute atomic E-state index is 0.0754. The lowest BCUT2D eigenvalue weighted by Crippen LogP contribution is -2.41. The summed E-state index contributed by atoms with van der Waals surface area (Å²) in [7, 11) is -2.46. The molecule has 0 saturated carbocycles. The highest BCUT2D eigenvalue weighted by atomic mass is 32.2. The fraction of sp³-hybridized carbons (Fsp3) is 0.500. The molecule has 0 spiro atoms. The Labute approximate surface area is 136 Å². The minimum atomic E-state index is -3.82. The van der Waals surface area contributed by atoms with Crippen molar-refractivity contribution in [3.05, 3.63) is 24.0 Å². The molecule has 1 aliphatic rings. The number of hydrogen-bond donors (Lipinski definition) is 0. The molecule has 0 amide bonds. The molecule has 1 atom stereocenters. The molecule has 0 N–H and O–H groups in total. The van der Waals surface area contributed by atoms with Gasteiger partial charge in [-0.1, -0.05) is 5.92 Å². The highest BCUT2D eigenvalue weighted by Crippen LogP contribution is 2.30. The predicted octanol–water partition coefficient (Wildman–Crippen LogP) is 1.88. The number of terminal acetylenes is 1. The summed E-state index contributed by atoms with van der Waals surface area (Å²) in [4.78, 5) is -0.148. The quantitative estimate of drug-likeness (QED) is 0.586. The van der Waals surface area contributed by atoms with Gasteiger partial charge in [-0.3, -0.25) is 0 Å². The molecule has 126 valence electrons. The summed E-state index contributed by atoms with van der Waals surface area (Å²) in [6.07, 6.45) is 6.73. The number of benzene rings is 1. The van der Waals surface area contributed by atoms with E-state index in [9.17, 15) is 12.8 Å². The zero-order chi connectivity index (χ0) is 16.9. The number of methoxy groups -OCH3 is 1. The molecule has 1 aromatic carbocycles. The highest BCUT2D eigenvalue weighted by molar-refractivity contribution is 7.89. The Hall–Kier alpha value is -1.62. The monoisotopic (exact) mass is 341 g/mol. The first-order valence-electron chi connectivity index (χ1n) is 7.34. The molecule has 1 saturated heterocycles. The maximum atomic E-state index is 13.5. The summed E-state index contributed by atoms with van der Waals surface area (Å²) < 4.78 is 50.8. The molecule has 0 aromatic heterocycles. The van der Waals surface area contributed by atoms with Crippen molar-refractivity contribution >= 4 is 10.0 Å². The van der Waals surface area contributed by atoms with Crippen molar-refractivity contribution in [3.8, 4) is 18.1 Å². The van der Waals surface area contributed by atoms with Crippen molar-refractivity contribution in [2.45, 2.75) is 17.7 Å². The Morgan fingerprint density at radius 2 is 2.26 bits per heavy atom. The van der Waals surface area contributed by atoms with E-state index in [2.05, 4.69) is 5.92 Å². The third-order valence-electron chi connectivity index (χ3n) is 3.76. The van der Waals surface area contributed by atoms with Crippen molar-refractivity contribution < 1.29 is 22.3 Å². The van der Waals surface area contributed by atoms with Gasteiger partial charge >= 0.3 is 0 Å². The summed E-state index contributed by atoms with van der Waals surface area (Å²) in [6, 6.07) is 3.48. The first-order valence-corrected chi connectivity index (χ1v) is 8.78.